The molecule has 2 aromatic rings. The van der Waals surface area contributed by atoms with Gasteiger partial charge in [0.05, 0.1) is 17.8 Å². The molecule has 0 atom stereocenters. The number of rotatable bonds is 6. The van der Waals surface area contributed by atoms with Gasteiger partial charge in [0.25, 0.3) is 0 Å². The molecule has 0 spiro atoms. The van der Waals surface area contributed by atoms with Crippen molar-refractivity contribution in [2.24, 2.45) is 0 Å². The summed E-state index contributed by atoms with van der Waals surface area (Å²) < 4.78 is 15.7. The molecule has 0 fully saturated rings. The Bertz CT molecular complexity index is 610. The summed E-state index contributed by atoms with van der Waals surface area (Å²) in [5.41, 5.74) is 1.57. The molecule has 0 amide bonds. The summed E-state index contributed by atoms with van der Waals surface area (Å²) in [6, 6.07) is 6.44. The van der Waals surface area contributed by atoms with E-state index in [1.807, 2.05) is 16.9 Å². The van der Waals surface area contributed by atoms with Crippen LogP contribution < -0.4 is 0 Å². The number of nitrogens with zero attached hydrogens (tertiary/aromatic N) is 3. The zero-order valence-electron chi connectivity index (χ0n) is 11.6. The lowest BCUT2D eigenvalue weighted by molar-refractivity contribution is 0.541. The highest BCUT2D eigenvalue weighted by molar-refractivity contribution is 5.63. The molecule has 0 saturated carbocycles. The van der Waals surface area contributed by atoms with Crippen molar-refractivity contribution in [3.05, 3.63) is 42.0 Å². The minimum absolute atomic E-state index is 0.332. The van der Waals surface area contributed by atoms with Crippen molar-refractivity contribution in [1.82, 2.24) is 9.78 Å². The molecule has 1 aromatic carbocycles. The molecular weight excluding hydrogens is 253 g/mol. The Labute approximate surface area is 118 Å². The van der Waals surface area contributed by atoms with E-state index in [9.17, 15) is 4.39 Å². The van der Waals surface area contributed by atoms with E-state index in [0.717, 1.165) is 18.5 Å². The van der Waals surface area contributed by atoms with Gasteiger partial charge in [-0.25, -0.2) is 4.39 Å². The molecule has 1 heterocycles. The molecule has 3 nitrogen and oxygen atoms in total. The second-order valence-corrected chi connectivity index (χ2v) is 4.86. The van der Waals surface area contributed by atoms with Crippen molar-refractivity contribution in [2.75, 3.05) is 0 Å². The molecular formula is C16H18FN3. The van der Waals surface area contributed by atoms with Gasteiger partial charge in [0, 0.05) is 23.9 Å². The summed E-state index contributed by atoms with van der Waals surface area (Å²) in [6.45, 7) is 3.04. The van der Waals surface area contributed by atoms with Crippen molar-refractivity contribution < 1.29 is 4.39 Å². The molecule has 20 heavy (non-hydrogen) atoms. The van der Waals surface area contributed by atoms with Crippen molar-refractivity contribution in [3.8, 4) is 17.2 Å². The lowest BCUT2D eigenvalue weighted by atomic mass is 10.1. The minimum atomic E-state index is -0.380. The Kier molecular flexibility index (Phi) is 4.89. The van der Waals surface area contributed by atoms with Gasteiger partial charge in [-0.1, -0.05) is 32.3 Å². The summed E-state index contributed by atoms with van der Waals surface area (Å²) in [7, 11) is 0. The quantitative estimate of drug-likeness (QED) is 0.741. The predicted octanol–water partition coefficient (Wildman–Crippen LogP) is 4.14. The van der Waals surface area contributed by atoms with E-state index >= 15 is 0 Å². The summed E-state index contributed by atoms with van der Waals surface area (Å²) >= 11 is 0. The maximum atomic E-state index is 13.9. The Hall–Kier alpha value is -2.15. The molecule has 4 heteroatoms. The first-order valence-corrected chi connectivity index (χ1v) is 6.97. The summed E-state index contributed by atoms with van der Waals surface area (Å²) in [4.78, 5) is 0. The van der Waals surface area contributed by atoms with E-state index in [-0.39, 0.29) is 5.82 Å². The number of halogens is 1. The first-order chi connectivity index (χ1) is 9.74. The first-order valence-electron chi connectivity index (χ1n) is 6.97. The monoisotopic (exact) mass is 271 g/mol. The Morgan fingerprint density at radius 3 is 2.85 bits per heavy atom. The molecule has 0 unspecified atom stereocenters. The van der Waals surface area contributed by atoms with Gasteiger partial charge < -0.3 is 0 Å². The molecule has 0 radical (unpaired) electrons. The first kappa shape index (κ1) is 14.3. The SMILES string of the molecule is CCCCCCn1cc(-c2ccc(C#N)cc2F)cn1. The van der Waals surface area contributed by atoms with Crippen LogP contribution >= 0.6 is 0 Å². The molecule has 0 aliphatic heterocycles. The van der Waals surface area contributed by atoms with Crippen LogP contribution in [0.5, 0.6) is 0 Å². The van der Waals surface area contributed by atoms with Crippen LogP contribution in [-0.4, -0.2) is 9.78 Å². The van der Waals surface area contributed by atoms with E-state index < -0.39 is 0 Å². The van der Waals surface area contributed by atoms with Gasteiger partial charge >= 0.3 is 0 Å². The third kappa shape index (κ3) is 3.45. The zero-order valence-corrected chi connectivity index (χ0v) is 11.6. The van der Waals surface area contributed by atoms with Crippen LogP contribution in [-0.2, 0) is 6.54 Å². The molecule has 0 aliphatic rings. The molecule has 0 aliphatic carbocycles. The fraction of sp³-hybridized carbons (Fsp3) is 0.375. The average Bonchev–Trinajstić information content (AvgIpc) is 2.92. The zero-order chi connectivity index (χ0) is 14.4. The molecule has 0 saturated heterocycles. The maximum absolute atomic E-state index is 13.9. The van der Waals surface area contributed by atoms with Crippen LogP contribution in [0.3, 0.4) is 0 Å². The fourth-order valence-electron chi connectivity index (χ4n) is 2.14. The summed E-state index contributed by atoms with van der Waals surface area (Å²) in [5.74, 6) is -0.380. The van der Waals surface area contributed by atoms with Gasteiger partial charge in [0.15, 0.2) is 0 Å². The van der Waals surface area contributed by atoms with Crippen molar-refractivity contribution >= 4 is 0 Å². The topological polar surface area (TPSA) is 41.6 Å². The number of aromatic nitrogens is 2. The third-order valence-corrected chi connectivity index (χ3v) is 3.28. The number of unbranched alkanes of at least 4 members (excludes halogenated alkanes) is 3. The van der Waals surface area contributed by atoms with Gasteiger partial charge in [-0.2, -0.15) is 10.4 Å². The van der Waals surface area contributed by atoms with E-state index in [1.54, 1.807) is 18.3 Å². The third-order valence-electron chi connectivity index (χ3n) is 3.28. The van der Waals surface area contributed by atoms with Crippen molar-refractivity contribution in [1.29, 1.82) is 5.26 Å². The average molecular weight is 271 g/mol. The molecule has 1 aromatic heterocycles. The van der Waals surface area contributed by atoms with Crippen LogP contribution in [0.25, 0.3) is 11.1 Å². The predicted molar refractivity (Wildman–Crippen MR) is 76.5 cm³/mol. The second kappa shape index (κ2) is 6.85. The number of hydrogen-bond donors (Lipinski definition) is 0. The Morgan fingerprint density at radius 2 is 2.15 bits per heavy atom. The summed E-state index contributed by atoms with van der Waals surface area (Å²) in [6.07, 6.45) is 8.25. The Morgan fingerprint density at radius 1 is 1.30 bits per heavy atom. The van der Waals surface area contributed by atoms with Gasteiger partial charge in [0.1, 0.15) is 5.82 Å². The number of nitriles is 1. The highest BCUT2D eigenvalue weighted by Gasteiger charge is 2.08. The van der Waals surface area contributed by atoms with E-state index in [2.05, 4.69) is 12.0 Å². The van der Waals surface area contributed by atoms with Crippen LogP contribution in [0.4, 0.5) is 4.39 Å². The van der Waals surface area contributed by atoms with Crippen LogP contribution in [0.15, 0.2) is 30.6 Å². The Balaban J connectivity index is 2.07. The van der Waals surface area contributed by atoms with Gasteiger partial charge in [-0.15, -0.1) is 0 Å². The van der Waals surface area contributed by atoms with Gasteiger partial charge in [-0.3, -0.25) is 4.68 Å². The fourth-order valence-corrected chi connectivity index (χ4v) is 2.14. The number of hydrogen-bond acceptors (Lipinski definition) is 2. The van der Waals surface area contributed by atoms with E-state index in [4.69, 9.17) is 5.26 Å². The lowest BCUT2D eigenvalue weighted by Crippen LogP contribution is -1.97. The number of benzene rings is 1. The van der Waals surface area contributed by atoms with Gasteiger partial charge in [-0.05, 0) is 18.6 Å². The van der Waals surface area contributed by atoms with Crippen molar-refractivity contribution in [3.63, 3.8) is 0 Å². The summed E-state index contributed by atoms with van der Waals surface area (Å²) in [5, 5.41) is 13.0. The van der Waals surface area contributed by atoms with Crippen LogP contribution in [0.1, 0.15) is 38.2 Å². The molecule has 104 valence electrons. The highest BCUT2D eigenvalue weighted by Crippen LogP contribution is 2.23. The van der Waals surface area contributed by atoms with Crippen LogP contribution in [0, 0.1) is 17.1 Å². The van der Waals surface area contributed by atoms with Crippen molar-refractivity contribution in [2.45, 2.75) is 39.2 Å². The largest absolute Gasteiger partial charge is 0.272 e. The van der Waals surface area contributed by atoms with E-state index in [0.29, 0.717) is 11.1 Å². The minimum Gasteiger partial charge on any atom is -0.272 e. The smallest absolute Gasteiger partial charge is 0.132 e. The second-order valence-electron chi connectivity index (χ2n) is 4.86. The number of aryl methyl sites for hydroxylation is 1. The molecule has 0 N–H and O–H groups in total. The molecule has 2 rings (SSSR count). The van der Waals surface area contributed by atoms with Gasteiger partial charge in [0.2, 0.25) is 0 Å². The molecule has 0 bridgehead atoms. The normalized spacial score (nSPS) is 10.4. The highest BCUT2D eigenvalue weighted by atomic mass is 19.1. The standard InChI is InChI=1S/C16H18FN3/c1-2-3-4-5-8-20-12-14(11-19-20)15-7-6-13(10-18)9-16(15)17/h6-7,9,11-12H,2-5,8H2,1H3. The lowest BCUT2D eigenvalue weighted by Gasteiger charge is -2.01. The maximum Gasteiger partial charge on any atom is 0.132 e. The van der Waals surface area contributed by atoms with E-state index in [1.165, 1.54) is 25.3 Å². The van der Waals surface area contributed by atoms with Crippen LogP contribution in [0.2, 0.25) is 0 Å².